The highest BCUT2D eigenvalue weighted by atomic mass is 28.4. The van der Waals surface area contributed by atoms with Gasteiger partial charge in [0.25, 0.3) is 0 Å². The van der Waals surface area contributed by atoms with Gasteiger partial charge in [0.1, 0.15) is 0 Å². The van der Waals surface area contributed by atoms with Gasteiger partial charge in [0.05, 0.1) is 0 Å². The fourth-order valence-electron chi connectivity index (χ4n) is 2.21. The molecule has 0 amide bonds. The van der Waals surface area contributed by atoms with Crippen LogP contribution in [0.15, 0.2) is 0 Å². The fourth-order valence-corrected chi connectivity index (χ4v) is 4.00. The van der Waals surface area contributed by atoms with E-state index in [2.05, 4.69) is 6.92 Å². The second kappa shape index (κ2) is 17.5. The molecule has 21 heavy (non-hydrogen) atoms. The van der Waals surface area contributed by atoms with E-state index in [0.29, 0.717) is 0 Å². The summed E-state index contributed by atoms with van der Waals surface area (Å²) in [6.45, 7) is 2.26. The largest absolute Gasteiger partial charge is 0.500 e. The number of hydrogen-bond donors (Lipinski definition) is 1. The monoisotopic (exact) mass is 319 g/mol. The highest BCUT2D eigenvalue weighted by Gasteiger charge is 2.36. The van der Waals surface area contributed by atoms with E-state index in [1.54, 1.807) is 26.2 Å². The summed E-state index contributed by atoms with van der Waals surface area (Å²) in [6.07, 6.45) is 12.0. The highest BCUT2D eigenvalue weighted by Crippen LogP contribution is 2.18. The summed E-state index contributed by atoms with van der Waals surface area (Å²) < 4.78 is 16.2. The Hall–Kier alpha value is -0.593. The number of rotatable bonds is 13. The average Bonchev–Trinajstić information content (AvgIpc) is 2.51. The first-order valence-electron chi connectivity index (χ1n) is 7.82. The van der Waals surface area contributed by atoms with Crippen molar-refractivity contribution in [2.45, 2.75) is 70.8 Å². The molecular formula is C14H33N3O3Si. The van der Waals surface area contributed by atoms with Gasteiger partial charge in [0, 0.05) is 27.4 Å². The lowest BCUT2D eigenvalue weighted by Crippen LogP contribution is -2.42. The van der Waals surface area contributed by atoms with E-state index in [9.17, 15) is 0 Å². The molecule has 0 aliphatic heterocycles. The van der Waals surface area contributed by atoms with Crippen LogP contribution in [0, 0.1) is 5.53 Å². The van der Waals surface area contributed by atoms with E-state index in [1.807, 2.05) is 0 Å². The van der Waals surface area contributed by atoms with Crippen LogP contribution in [0.4, 0.5) is 0 Å². The van der Waals surface area contributed by atoms with Gasteiger partial charge < -0.3 is 13.3 Å². The summed E-state index contributed by atoms with van der Waals surface area (Å²) in [5.41, 5.74) is 12.2. The first-order chi connectivity index (χ1) is 10.2. The van der Waals surface area contributed by atoms with E-state index < -0.39 is 8.80 Å². The van der Waals surface area contributed by atoms with Crippen molar-refractivity contribution in [1.82, 2.24) is 0 Å². The summed E-state index contributed by atoms with van der Waals surface area (Å²) in [7, 11) is 2.76. The van der Waals surface area contributed by atoms with Gasteiger partial charge >= 0.3 is 8.80 Å². The minimum Gasteiger partial charge on any atom is -0.377 e. The maximum atomic E-state index is 6.86. The van der Waals surface area contributed by atoms with Crippen molar-refractivity contribution >= 4 is 8.80 Å². The van der Waals surface area contributed by atoms with Crippen LogP contribution < -0.4 is 0 Å². The smallest absolute Gasteiger partial charge is 0.377 e. The summed E-state index contributed by atoms with van der Waals surface area (Å²) in [4.78, 5) is 1.75. The van der Waals surface area contributed by atoms with Crippen molar-refractivity contribution in [3.05, 3.63) is 10.4 Å². The lowest BCUT2D eigenvalue weighted by Gasteiger charge is -2.24. The average molecular weight is 320 g/mol. The van der Waals surface area contributed by atoms with Gasteiger partial charge in [-0.05, 0) is 16.9 Å². The van der Waals surface area contributed by atoms with Gasteiger partial charge in [-0.1, -0.05) is 58.3 Å². The molecule has 0 aliphatic rings. The summed E-state index contributed by atoms with van der Waals surface area (Å²) in [5.74, 6) is 0. The first kappa shape index (κ1) is 22.7. The van der Waals surface area contributed by atoms with Crippen molar-refractivity contribution in [2.24, 2.45) is 0 Å². The molecule has 0 aromatic carbocycles. The Labute approximate surface area is 131 Å². The van der Waals surface area contributed by atoms with Crippen LogP contribution in [0.2, 0.25) is 6.04 Å². The molecule has 0 saturated heterocycles. The number of hydrogen-bond acceptors (Lipinski definition) is 4. The maximum Gasteiger partial charge on any atom is 0.500 e. The van der Waals surface area contributed by atoms with E-state index in [-0.39, 0.29) is 0 Å². The van der Waals surface area contributed by atoms with Gasteiger partial charge in [-0.3, -0.25) is 0 Å². The Morgan fingerprint density at radius 2 is 1.14 bits per heavy atom. The lowest BCUT2D eigenvalue weighted by atomic mass is 10.1. The molecule has 0 aromatic rings. The quantitative estimate of drug-likeness (QED) is 0.165. The van der Waals surface area contributed by atoms with Crippen LogP contribution in [0.3, 0.4) is 0 Å². The summed E-state index contributed by atoms with van der Waals surface area (Å²) in [6, 6.07) is 0.937. The third-order valence-electron chi connectivity index (χ3n) is 3.52. The minimum atomic E-state index is -2.30. The molecule has 0 atom stereocenters. The SMILES string of the molecule is CCCCCCCCCCC[Si](OC)(OC)OC.[N-]=[N+]=N. The zero-order valence-corrected chi connectivity index (χ0v) is 15.2. The summed E-state index contributed by atoms with van der Waals surface area (Å²) in [5, 5.41) is 0. The molecule has 0 fully saturated rings. The van der Waals surface area contributed by atoms with Crippen molar-refractivity contribution in [2.75, 3.05) is 21.3 Å². The van der Waals surface area contributed by atoms with Crippen LogP contribution in [-0.2, 0) is 13.3 Å². The number of nitrogens with zero attached hydrogens (tertiary/aromatic N) is 2. The second-order valence-corrected chi connectivity index (χ2v) is 8.06. The Balaban J connectivity index is 0. The van der Waals surface area contributed by atoms with Crippen LogP contribution in [0.5, 0.6) is 0 Å². The molecule has 0 unspecified atom stereocenters. The molecule has 0 heterocycles. The zero-order valence-electron chi connectivity index (χ0n) is 14.2. The van der Waals surface area contributed by atoms with Gasteiger partial charge in [-0.15, -0.1) is 5.53 Å². The Bertz CT molecular complexity index is 237. The molecule has 0 aliphatic carbocycles. The van der Waals surface area contributed by atoms with Gasteiger partial charge in [0.15, 0.2) is 0 Å². The third-order valence-corrected chi connectivity index (χ3v) is 6.35. The predicted octanol–water partition coefficient (Wildman–Crippen LogP) is 5.27. The molecule has 0 aromatic heterocycles. The topological polar surface area (TPSA) is 87.9 Å². The molecule has 7 heteroatoms. The number of nitrogens with one attached hydrogen (secondary N) is 1. The summed E-state index contributed by atoms with van der Waals surface area (Å²) >= 11 is 0. The first-order valence-corrected chi connectivity index (χ1v) is 9.75. The molecule has 0 spiro atoms. The molecule has 6 nitrogen and oxygen atoms in total. The Morgan fingerprint density at radius 1 is 0.810 bits per heavy atom. The molecular weight excluding hydrogens is 286 g/mol. The van der Waals surface area contributed by atoms with Crippen LogP contribution in [0.25, 0.3) is 10.4 Å². The Morgan fingerprint density at radius 3 is 1.48 bits per heavy atom. The zero-order chi connectivity index (χ0) is 16.4. The van der Waals surface area contributed by atoms with Gasteiger partial charge in [0.2, 0.25) is 0 Å². The van der Waals surface area contributed by atoms with E-state index in [4.69, 9.17) is 24.3 Å². The van der Waals surface area contributed by atoms with E-state index in [1.165, 1.54) is 51.4 Å². The van der Waals surface area contributed by atoms with Gasteiger partial charge in [-0.2, -0.15) is 0 Å². The van der Waals surface area contributed by atoms with Gasteiger partial charge in [-0.25, -0.2) is 0 Å². The molecule has 0 radical (unpaired) electrons. The van der Waals surface area contributed by atoms with Crippen molar-refractivity contribution < 1.29 is 13.3 Å². The van der Waals surface area contributed by atoms with E-state index >= 15 is 0 Å². The molecule has 0 rings (SSSR count). The van der Waals surface area contributed by atoms with Crippen LogP contribution in [-0.4, -0.2) is 30.1 Å². The maximum absolute atomic E-state index is 6.86. The molecule has 0 saturated carbocycles. The Kier molecular flexibility index (Phi) is 18.9. The molecule has 0 bridgehead atoms. The fraction of sp³-hybridized carbons (Fsp3) is 1.00. The second-order valence-electron chi connectivity index (χ2n) is 4.97. The number of unbranched alkanes of at least 4 members (excludes halogenated alkanes) is 8. The lowest BCUT2D eigenvalue weighted by molar-refractivity contribution is 0.122. The van der Waals surface area contributed by atoms with Crippen molar-refractivity contribution in [3.63, 3.8) is 0 Å². The van der Waals surface area contributed by atoms with Crippen LogP contribution >= 0.6 is 0 Å². The van der Waals surface area contributed by atoms with Crippen LogP contribution in [0.1, 0.15) is 64.7 Å². The predicted molar refractivity (Wildman–Crippen MR) is 88.3 cm³/mol. The minimum absolute atomic E-state index is 0.937. The van der Waals surface area contributed by atoms with Crippen molar-refractivity contribution in [3.8, 4) is 0 Å². The molecule has 1 N–H and O–H groups in total. The highest BCUT2D eigenvalue weighted by molar-refractivity contribution is 6.60. The standard InChI is InChI=1S/C14H32O3Si.HN3/c1-5-6-7-8-9-10-11-12-13-14-18(15-2,16-3)17-4;1-3-2/h5-14H2,1-4H3;1H. The van der Waals surface area contributed by atoms with E-state index in [0.717, 1.165) is 12.5 Å². The third kappa shape index (κ3) is 14.1. The normalized spacial score (nSPS) is 10.7. The molecule has 126 valence electrons. The van der Waals surface area contributed by atoms with Crippen molar-refractivity contribution in [1.29, 1.82) is 5.53 Å².